The molecular weight excluding hydrogens is 234 g/mol. The molecule has 4 heteroatoms. The summed E-state index contributed by atoms with van der Waals surface area (Å²) < 4.78 is 0. The molecule has 1 rings (SSSR count). The van der Waals surface area contributed by atoms with Gasteiger partial charge in [-0.25, -0.2) is 0 Å². The van der Waals surface area contributed by atoms with Crippen molar-refractivity contribution in [2.75, 3.05) is 25.2 Å². The highest BCUT2D eigenvalue weighted by molar-refractivity contribution is 7.99. The van der Waals surface area contributed by atoms with Crippen molar-refractivity contribution in [1.82, 2.24) is 4.90 Å². The zero-order valence-electron chi connectivity index (χ0n) is 11.0. The van der Waals surface area contributed by atoms with E-state index in [1.807, 2.05) is 18.9 Å². The summed E-state index contributed by atoms with van der Waals surface area (Å²) in [7, 11) is 1.94. The number of nitrogens with zero attached hydrogens (tertiary/aromatic N) is 1. The van der Waals surface area contributed by atoms with Gasteiger partial charge < -0.3 is 10.0 Å². The van der Waals surface area contributed by atoms with Gasteiger partial charge in [0.1, 0.15) is 0 Å². The van der Waals surface area contributed by atoms with Gasteiger partial charge in [0.2, 0.25) is 5.91 Å². The highest BCUT2D eigenvalue weighted by Gasteiger charge is 2.21. The second kappa shape index (κ2) is 7.98. The van der Waals surface area contributed by atoms with Gasteiger partial charge in [0.05, 0.1) is 5.75 Å². The zero-order valence-corrected chi connectivity index (χ0v) is 11.8. The quantitative estimate of drug-likeness (QED) is 0.794. The molecule has 0 aliphatic heterocycles. The molecule has 1 unspecified atom stereocenters. The van der Waals surface area contributed by atoms with Crippen molar-refractivity contribution in [1.29, 1.82) is 0 Å². The van der Waals surface area contributed by atoms with Gasteiger partial charge in [-0.15, -0.1) is 0 Å². The van der Waals surface area contributed by atoms with E-state index in [1.54, 1.807) is 11.8 Å². The van der Waals surface area contributed by atoms with Crippen molar-refractivity contribution in [3.05, 3.63) is 0 Å². The fourth-order valence-corrected chi connectivity index (χ4v) is 3.18. The summed E-state index contributed by atoms with van der Waals surface area (Å²) in [5.74, 6) is 1.94. The molecule has 0 spiro atoms. The Bertz CT molecular complexity index is 229. The van der Waals surface area contributed by atoms with E-state index in [2.05, 4.69) is 0 Å². The molecule has 1 atom stereocenters. The summed E-state index contributed by atoms with van der Waals surface area (Å²) in [6, 6.07) is 0.465. The maximum Gasteiger partial charge on any atom is 0.232 e. The third kappa shape index (κ3) is 5.30. The van der Waals surface area contributed by atoms with E-state index >= 15 is 0 Å². The lowest BCUT2D eigenvalue weighted by Gasteiger charge is -2.31. The van der Waals surface area contributed by atoms with Gasteiger partial charge >= 0.3 is 0 Å². The van der Waals surface area contributed by atoms with Crippen LogP contribution < -0.4 is 0 Å². The Balaban J connectivity index is 2.21. The molecule has 1 amide bonds. The van der Waals surface area contributed by atoms with Crippen LogP contribution >= 0.6 is 11.8 Å². The van der Waals surface area contributed by atoms with Crippen LogP contribution in [0.3, 0.4) is 0 Å². The first-order chi connectivity index (χ1) is 8.15. The Hall–Kier alpha value is -0.220. The molecule has 0 bridgehead atoms. The largest absolute Gasteiger partial charge is 0.396 e. The van der Waals surface area contributed by atoms with E-state index in [0.717, 1.165) is 5.75 Å². The summed E-state index contributed by atoms with van der Waals surface area (Å²) in [6.45, 7) is 2.21. The molecule has 100 valence electrons. The van der Waals surface area contributed by atoms with Gasteiger partial charge in [-0.05, 0) is 24.5 Å². The molecule has 0 aromatic carbocycles. The molecule has 3 nitrogen and oxygen atoms in total. The molecule has 0 heterocycles. The summed E-state index contributed by atoms with van der Waals surface area (Å²) in [4.78, 5) is 13.9. The molecule has 1 aliphatic carbocycles. The summed E-state index contributed by atoms with van der Waals surface area (Å²) in [5, 5.41) is 8.90. The van der Waals surface area contributed by atoms with Gasteiger partial charge in [-0.2, -0.15) is 11.8 Å². The first-order valence-corrected chi connectivity index (χ1v) is 7.75. The number of carbonyl (C=O) groups is 1. The number of hydrogen-bond acceptors (Lipinski definition) is 3. The fraction of sp³-hybridized carbons (Fsp3) is 0.923. The average molecular weight is 259 g/mol. The lowest BCUT2D eigenvalue weighted by atomic mass is 9.94. The predicted octanol–water partition coefficient (Wildman–Crippen LogP) is 2.14. The van der Waals surface area contributed by atoms with E-state index in [9.17, 15) is 4.79 Å². The van der Waals surface area contributed by atoms with E-state index in [4.69, 9.17) is 5.11 Å². The van der Waals surface area contributed by atoms with Crippen LogP contribution in [0, 0.1) is 5.92 Å². The number of carbonyl (C=O) groups excluding carboxylic acids is 1. The van der Waals surface area contributed by atoms with E-state index < -0.39 is 0 Å². The van der Waals surface area contributed by atoms with Crippen LogP contribution in [0.1, 0.15) is 39.0 Å². The van der Waals surface area contributed by atoms with Crippen molar-refractivity contribution in [2.45, 2.75) is 45.1 Å². The number of aliphatic hydroxyl groups is 1. The third-order valence-corrected chi connectivity index (χ3v) is 4.71. The standard InChI is InChI=1S/C13H25NO2S/c1-11(8-15)9-17-10-13(16)14(2)12-6-4-3-5-7-12/h11-12,15H,3-10H2,1-2H3. The van der Waals surface area contributed by atoms with Crippen LogP contribution in [-0.2, 0) is 4.79 Å². The van der Waals surface area contributed by atoms with Gasteiger partial charge in [0, 0.05) is 19.7 Å². The van der Waals surface area contributed by atoms with Crippen molar-refractivity contribution >= 4 is 17.7 Å². The highest BCUT2D eigenvalue weighted by Crippen LogP contribution is 2.22. The van der Waals surface area contributed by atoms with E-state index in [-0.39, 0.29) is 18.4 Å². The van der Waals surface area contributed by atoms with Crippen LogP contribution in [0.4, 0.5) is 0 Å². The summed E-state index contributed by atoms with van der Waals surface area (Å²) in [5.41, 5.74) is 0. The molecular formula is C13H25NO2S. The zero-order chi connectivity index (χ0) is 12.7. The second-order valence-electron chi connectivity index (χ2n) is 5.10. The second-order valence-corrected chi connectivity index (χ2v) is 6.13. The average Bonchev–Trinajstić information content (AvgIpc) is 2.38. The van der Waals surface area contributed by atoms with Gasteiger partial charge in [-0.3, -0.25) is 4.79 Å². The number of aliphatic hydroxyl groups excluding tert-OH is 1. The van der Waals surface area contributed by atoms with Crippen LogP contribution in [0.5, 0.6) is 0 Å². The monoisotopic (exact) mass is 259 g/mol. The minimum absolute atomic E-state index is 0.208. The minimum atomic E-state index is 0.208. The fourth-order valence-electron chi connectivity index (χ4n) is 2.17. The number of rotatable bonds is 6. The molecule has 0 aromatic rings. The summed E-state index contributed by atoms with van der Waals surface area (Å²) in [6.07, 6.45) is 6.18. The third-order valence-electron chi connectivity index (χ3n) is 3.46. The number of thioether (sulfide) groups is 1. The lowest BCUT2D eigenvalue weighted by Crippen LogP contribution is -2.39. The molecule has 1 N–H and O–H groups in total. The maximum absolute atomic E-state index is 12.0. The SMILES string of the molecule is CC(CO)CSCC(=O)N(C)C1CCCCC1. The normalized spacial score (nSPS) is 19.0. The highest BCUT2D eigenvalue weighted by atomic mass is 32.2. The van der Waals surface area contributed by atoms with Gasteiger partial charge in [0.25, 0.3) is 0 Å². The maximum atomic E-state index is 12.0. The Kier molecular flexibility index (Phi) is 6.97. The first-order valence-electron chi connectivity index (χ1n) is 6.59. The first kappa shape index (κ1) is 14.8. The topological polar surface area (TPSA) is 40.5 Å². The number of hydrogen-bond donors (Lipinski definition) is 1. The van der Waals surface area contributed by atoms with E-state index in [0.29, 0.717) is 11.8 Å². The van der Waals surface area contributed by atoms with Crippen molar-refractivity contribution in [3.8, 4) is 0 Å². The predicted molar refractivity (Wildman–Crippen MR) is 73.2 cm³/mol. The van der Waals surface area contributed by atoms with Crippen LogP contribution in [0.2, 0.25) is 0 Å². The molecule has 1 aliphatic rings. The van der Waals surface area contributed by atoms with Crippen molar-refractivity contribution < 1.29 is 9.90 Å². The molecule has 0 aromatic heterocycles. The lowest BCUT2D eigenvalue weighted by molar-refractivity contribution is -0.129. The Labute approximate surface area is 109 Å². The molecule has 0 saturated heterocycles. The van der Waals surface area contributed by atoms with Crippen molar-refractivity contribution in [2.24, 2.45) is 5.92 Å². The Morgan fingerprint density at radius 1 is 1.41 bits per heavy atom. The molecule has 1 fully saturated rings. The molecule has 0 radical (unpaired) electrons. The minimum Gasteiger partial charge on any atom is -0.396 e. The van der Waals surface area contributed by atoms with E-state index in [1.165, 1.54) is 32.1 Å². The Morgan fingerprint density at radius 2 is 2.06 bits per heavy atom. The van der Waals surface area contributed by atoms with Crippen LogP contribution in [-0.4, -0.2) is 47.1 Å². The molecule has 17 heavy (non-hydrogen) atoms. The van der Waals surface area contributed by atoms with Gasteiger partial charge in [-0.1, -0.05) is 26.2 Å². The van der Waals surface area contributed by atoms with Gasteiger partial charge in [0.15, 0.2) is 0 Å². The summed E-state index contributed by atoms with van der Waals surface area (Å²) >= 11 is 1.64. The Morgan fingerprint density at radius 3 is 2.65 bits per heavy atom. The van der Waals surface area contributed by atoms with Crippen molar-refractivity contribution in [3.63, 3.8) is 0 Å². The molecule has 1 saturated carbocycles. The van der Waals surface area contributed by atoms with Crippen LogP contribution in [0.15, 0.2) is 0 Å². The smallest absolute Gasteiger partial charge is 0.232 e. The van der Waals surface area contributed by atoms with Crippen LogP contribution in [0.25, 0.3) is 0 Å². The number of amides is 1.